The van der Waals surface area contributed by atoms with E-state index in [1.165, 1.54) is 24.3 Å². The third kappa shape index (κ3) is 6.15. The highest BCUT2D eigenvalue weighted by Gasteiger charge is 2.27. The fourth-order valence-electron chi connectivity index (χ4n) is 2.19. The van der Waals surface area contributed by atoms with Gasteiger partial charge in [0.15, 0.2) is 0 Å². The number of anilines is 1. The summed E-state index contributed by atoms with van der Waals surface area (Å²) in [5.41, 5.74) is 7.36. The highest BCUT2D eigenvalue weighted by Crippen LogP contribution is 2.19. The Balaban J connectivity index is 0.00000392. The minimum Gasteiger partial charge on any atom is -0.346 e. The number of nitrogens with two attached hydrogens (primary N) is 1. The first kappa shape index (κ1) is 23.8. The molecule has 0 aliphatic carbocycles. The molecule has 4 N–H and O–H groups in total. The molecule has 2 rings (SSSR count). The normalized spacial score (nSPS) is 11.5. The summed E-state index contributed by atoms with van der Waals surface area (Å²) in [5, 5.41) is 2.07. The second-order valence-corrected chi connectivity index (χ2v) is 7.85. The van der Waals surface area contributed by atoms with Crippen LogP contribution in [0.2, 0.25) is 0 Å². The van der Waals surface area contributed by atoms with E-state index in [1.54, 1.807) is 18.2 Å². The van der Waals surface area contributed by atoms with Crippen LogP contribution in [0.3, 0.4) is 0 Å². The molecule has 0 fully saturated rings. The average molecular weight is 434 g/mol. The van der Waals surface area contributed by atoms with E-state index in [9.17, 15) is 22.0 Å². The third-order valence-corrected chi connectivity index (χ3v) is 5.39. The van der Waals surface area contributed by atoms with E-state index in [0.29, 0.717) is 5.69 Å². The zero-order chi connectivity index (χ0) is 20.2. The second kappa shape index (κ2) is 9.31. The number of amides is 1. The molecule has 10 heteroatoms. The molecule has 0 aliphatic rings. The van der Waals surface area contributed by atoms with Gasteiger partial charge < -0.3 is 11.1 Å². The minimum absolute atomic E-state index is 0. The van der Waals surface area contributed by atoms with Gasteiger partial charge in [-0.2, -0.15) is 0 Å². The van der Waals surface area contributed by atoms with Crippen LogP contribution in [-0.2, 0) is 10.0 Å². The van der Waals surface area contributed by atoms with Crippen molar-refractivity contribution in [2.45, 2.75) is 24.7 Å². The molecular weight excluding hydrogens is 412 g/mol. The zero-order valence-corrected chi connectivity index (χ0v) is 17.0. The van der Waals surface area contributed by atoms with Crippen LogP contribution >= 0.6 is 12.4 Å². The SMILES string of the molecule is Cc1ccc(NS(=O)(=O)c2ccc(C(=O)NCC(F)(F)CN)cc2)cc1C.Cl. The van der Waals surface area contributed by atoms with E-state index in [-0.39, 0.29) is 22.9 Å². The molecule has 0 aromatic heterocycles. The van der Waals surface area contributed by atoms with Gasteiger partial charge in [0.05, 0.1) is 18.0 Å². The molecular formula is C18H22ClF2N3O3S. The Morgan fingerprint density at radius 3 is 2.21 bits per heavy atom. The largest absolute Gasteiger partial charge is 0.346 e. The van der Waals surface area contributed by atoms with Gasteiger partial charge in [-0.3, -0.25) is 9.52 Å². The van der Waals surface area contributed by atoms with Crippen LogP contribution in [0.1, 0.15) is 21.5 Å². The molecule has 154 valence electrons. The van der Waals surface area contributed by atoms with Crippen LogP contribution in [0.25, 0.3) is 0 Å². The molecule has 0 radical (unpaired) electrons. The van der Waals surface area contributed by atoms with Gasteiger partial charge in [-0.05, 0) is 61.4 Å². The lowest BCUT2D eigenvalue weighted by atomic mass is 10.1. The first-order valence-electron chi connectivity index (χ1n) is 8.10. The Morgan fingerprint density at radius 1 is 1.07 bits per heavy atom. The first-order chi connectivity index (χ1) is 12.5. The molecule has 0 heterocycles. The first-order valence-corrected chi connectivity index (χ1v) is 9.59. The van der Waals surface area contributed by atoms with Gasteiger partial charge in [-0.25, -0.2) is 17.2 Å². The molecule has 0 saturated heterocycles. The van der Waals surface area contributed by atoms with E-state index in [1.807, 2.05) is 13.8 Å². The van der Waals surface area contributed by atoms with Crippen molar-refractivity contribution in [2.75, 3.05) is 17.8 Å². The van der Waals surface area contributed by atoms with Gasteiger partial charge in [0.25, 0.3) is 21.9 Å². The number of alkyl halides is 2. The van der Waals surface area contributed by atoms with Gasteiger partial charge >= 0.3 is 0 Å². The summed E-state index contributed by atoms with van der Waals surface area (Å²) < 4.78 is 53.5. The van der Waals surface area contributed by atoms with E-state index in [0.717, 1.165) is 11.1 Å². The Labute approximate surface area is 169 Å². The smallest absolute Gasteiger partial charge is 0.277 e. The number of carbonyl (C=O) groups excluding carboxylic acids is 1. The lowest BCUT2D eigenvalue weighted by Crippen LogP contribution is -2.41. The summed E-state index contributed by atoms with van der Waals surface area (Å²) in [4.78, 5) is 11.8. The number of hydrogen-bond acceptors (Lipinski definition) is 4. The van der Waals surface area contributed by atoms with E-state index in [4.69, 9.17) is 5.73 Å². The Kier molecular flexibility index (Phi) is 7.92. The minimum atomic E-state index is -3.84. The van der Waals surface area contributed by atoms with Gasteiger partial charge in [0.2, 0.25) is 0 Å². The van der Waals surface area contributed by atoms with Crippen LogP contribution in [0.5, 0.6) is 0 Å². The number of rotatable bonds is 7. The molecule has 6 nitrogen and oxygen atoms in total. The van der Waals surface area contributed by atoms with Crippen LogP contribution in [0.15, 0.2) is 47.4 Å². The number of sulfonamides is 1. The Morgan fingerprint density at radius 2 is 1.68 bits per heavy atom. The van der Waals surface area contributed by atoms with E-state index >= 15 is 0 Å². The second-order valence-electron chi connectivity index (χ2n) is 6.17. The summed E-state index contributed by atoms with van der Waals surface area (Å²) in [6.45, 7) is 2.01. The summed E-state index contributed by atoms with van der Waals surface area (Å²) in [5.74, 6) is -3.94. The Hall–Kier alpha value is -2.23. The van der Waals surface area contributed by atoms with Crippen molar-refractivity contribution >= 4 is 34.0 Å². The molecule has 0 saturated carbocycles. The van der Waals surface area contributed by atoms with Crippen molar-refractivity contribution in [3.05, 3.63) is 59.2 Å². The van der Waals surface area contributed by atoms with Crippen molar-refractivity contribution in [3.63, 3.8) is 0 Å². The number of carbonyl (C=O) groups is 1. The van der Waals surface area contributed by atoms with Crippen molar-refractivity contribution in [1.82, 2.24) is 5.32 Å². The fraction of sp³-hybridized carbons (Fsp3) is 0.278. The number of nitrogens with one attached hydrogen (secondary N) is 2. The molecule has 2 aromatic carbocycles. The zero-order valence-electron chi connectivity index (χ0n) is 15.3. The number of benzene rings is 2. The Bertz CT molecular complexity index is 936. The molecule has 28 heavy (non-hydrogen) atoms. The molecule has 0 unspecified atom stereocenters. The topological polar surface area (TPSA) is 101 Å². The predicted octanol–water partition coefficient (Wildman–Crippen LogP) is 2.85. The number of hydrogen-bond donors (Lipinski definition) is 3. The van der Waals surface area contributed by atoms with Crippen molar-refractivity contribution in [3.8, 4) is 0 Å². The maximum absolute atomic E-state index is 13.1. The van der Waals surface area contributed by atoms with Crippen molar-refractivity contribution < 1.29 is 22.0 Å². The van der Waals surface area contributed by atoms with E-state index in [2.05, 4.69) is 10.0 Å². The van der Waals surface area contributed by atoms with Crippen molar-refractivity contribution in [2.24, 2.45) is 5.73 Å². The molecule has 2 aromatic rings. The fourth-order valence-corrected chi connectivity index (χ4v) is 3.24. The molecule has 0 aliphatic heterocycles. The summed E-state index contributed by atoms with van der Waals surface area (Å²) in [7, 11) is -3.84. The molecule has 1 amide bonds. The van der Waals surface area contributed by atoms with Gasteiger partial charge in [-0.15, -0.1) is 12.4 Å². The van der Waals surface area contributed by atoms with Crippen LogP contribution < -0.4 is 15.8 Å². The molecule has 0 atom stereocenters. The number of aryl methyl sites for hydroxylation is 2. The standard InChI is InChI=1S/C18H21F2N3O3S.ClH/c1-12-3-6-15(9-13(12)2)23-27(25,26)16-7-4-14(5-8-16)17(24)22-11-18(19,20)10-21;/h3-9,23H,10-11,21H2,1-2H3,(H,22,24);1H. The molecule has 0 spiro atoms. The highest BCUT2D eigenvalue weighted by atomic mass is 35.5. The lowest BCUT2D eigenvalue weighted by Gasteiger charge is -2.14. The number of halogens is 3. The summed E-state index contributed by atoms with van der Waals surface area (Å²) in [6, 6.07) is 10.2. The van der Waals surface area contributed by atoms with Crippen LogP contribution in [0.4, 0.5) is 14.5 Å². The van der Waals surface area contributed by atoms with Gasteiger partial charge in [0, 0.05) is 11.3 Å². The highest BCUT2D eigenvalue weighted by molar-refractivity contribution is 7.92. The predicted molar refractivity (Wildman–Crippen MR) is 107 cm³/mol. The van der Waals surface area contributed by atoms with Gasteiger partial charge in [-0.1, -0.05) is 6.07 Å². The van der Waals surface area contributed by atoms with Crippen LogP contribution in [0, 0.1) is 13.8 Å². The van der Waals surface area contributed by atoms with Crippen molar-refractivity contribution in [1.29, 1.82) is 0 Å². The third-order valence-electron chi connectivity index (χ3n) is 3.99. The summed E-state index contributed by atoms with van der Waals surface area (Å²) >= 11 is 0. The van der Waals surface area contributed by atoms with Gasteiger partial charge in [0.1, 0.15) is 0 Å². The van der Waals surface area contributed by atoms with Crippen LogP contribution in [-0.4, -0.2) is 33.3 Å². The lowest BCUT2D eigenvalue weighted by molar-refractivity contribution is 0.0118. The maximum Gasteiger partial charge on any atom is 0.277 e. The summed E-state index contributed by atoms with van der Waals surface area (Å²) in [6.07, 6.45) is 0. The maximum atomic E-state index is 13.1. The molecule has 0 bridgehead atoms. The average Bonchev–Trinajstić information content (AvgIpc) is 2.63. The monoisotopic (exact) mass is 433 g/mol. The van der Waals surface area contributed by atoms with E-state index < -0.39 is 34.9 Å². The quantitative estimate of drug-likeness (QED) is 0.624.